The standard InChI is InChI=1S/C28H25N5O/c1-18-6-3-4-9-25(18)33-22(14-21-8-5-7-19(2)26(21)28(33)34)15-31-27-23(16-30-17-32-27)24(29)13-12-20-10-11-20/h3-9,14,16-17,20,29H,10-11,15H2,1-2H3,(H,30,31,32). The monoisotopic (exact) mass is 447 g/mol. The summed E-state index contributed by atoms with van der Waals surface area (Å²) in [6.07, 6.45) is 5.27. The van der Waals surface area contributed by atoms with Crippen LogP contribution in [0.1, 0.15) is 35.2 Å². The normalized spacial score (nSPS) is 12.8. The average Bonchev–Trinajstić information content (AvgIpc) is 3.67. The van der Waals surface area contributed by atoms with Crippen LogP contribution in [-0.4, -0.2) is 20.2 Å². The fourth-order valence-electron chi connectivity index (χ4n) is 4.09. The lowest BCUT2D eigenvalue weighted by Gasteiger charge is -2.18. The van der Waals surface area contributed by atoms with Crippen LogP contribution in [0, 0.1) is 37.0 Å². The maximum absolute atomic E-state index is 13.7. The van der Waals surface area contributed by atoms with Crippen LogP contribution in [-0.2, 0) is 6.54 Å². The van der Waals surface area contributed by atoms with Crippen LogP contribution in [0.25, 0.3) is 16.5 Å². The van der Waals surface area contributed by atoms with Crippen molar-refractivity contribution in [3.8, 4) is 17.5 Å². The Labute approximate surface area is 198 Å². The van der Waals surface area contributed by atoms with E-state index in [2.05, 4.69) is 27.1 Å². The van der Waals surface area contributed by atoms with Crippen molar-refractivity contribution in [3.63, 3.8) is 0 Å². The molecule has 5 rings (SSSR count). The molecular formula is C28H25N5O. The van der Waals surface area contributed by atoms with Gasteiger partial charge in [-0.3, -0.25) is 14.8 Å². The molecule has 1 aliphatic rings. The number of pyridine rings is 1. The van der Waals surface area contributed by atoms with Gasteiger partial charge >= 0.3 is 0 Å². The molecule has 2 aromatic heterocycles. The molecule has 0 bridgehead atoms. The van der Waals surface area contributed by atoms with Gasteiger partial charge in [0.1, 0.15) is 17.9 Å². The highest BCUT2D eigenvalue weighted by Gasteiger charge is 2.19. The van der Waals surface area contributed by atoms with Crippen molar-refractivity contribution in [1.29, 1.82) is 5.41 Å². The zero-order chi connectivity index (χ0) is 23.7. The number of nitrogens with zero attached hydrogens (tertiary/aromatic N) is 3. The van der Waals surface area contributed by atoms with Crippen LogP contribution < -0.4 is 10.9 Å². The summed E-state index contributed by atoms with van der Waals surface area (Å²) in [5.41, 5.74) is 4.31. The third-order valence-corrected chi connectivity index (χ3v) is 6.08. The summed E-state index contributed by atoms with van der Waals surface area (Å²) in [7, 11) is 0. The highest BCUT2D eigenvalue weighted by molar-refractivity contribution is 6.13. The van der Waals surface area contributed by atoms with E-state index in [0.717, 1.165) is 40.7 Å². The molecule has 0 radical (unpaired) electrons. The van der Waals surface area contributed by atoms with Crippen molar-refractivity contribution >= 4 is 22.3 Å². The largest absolute Gasteiger partial charge is 0.364 e. The van der Waals surface area contributed by atoms with Gasteiger partial charge < -0.3 is 5.32 Å². The van der Waals surface area contributed by atoms with Crippen LogP contribution in [0.3, 0.4) is 0 Å². The van der Waals surface area contributed by atoms with Gasteiger partial charge in [0, 0.05) is 17.8 Å². The Morgan fingerprint density at radius 2 is 1.94 bits per heavy atom. The third-order valence-electron chi connectivity index (χ3n) is 6.08. The van der Waals surface area contributed by atoms with Gasteiger partial charge in [-0.1, -0.05) is 42.3 Å². The molecule has 168 valence electrons. The Bertz CT molecular complexity index is 1540. The highest BCUT2D eigenvalue weighted by atomic mass is 16.1. The predicted octanol–water partition coefficient (Wildman–Crippen LogP) is 4.79. The van der Waals surface area contributed by atoms with Crippen molar-refractivity contribution in [3.05, 3.63) is 93.8 Å². The first-order valence-corrected chi connectivity index (χ1v) is 11.4. The minimum absolute atomic E-state index is 0.0485. The fourth-order valence-corrected chi connectivity index (χ4v) is 4.09. The summed E-state index contributed by atoms with van der Waals surface area (Å²) >= 11 is 0. The molecule has 34 heavy (non-hydrogen) atoms. The number of aromatic nitrogens is 3. The molecule has 1 fully saturated rings. The zero-order valence-electron chi connectivity index (χ0n) is 19.2. The molecule has 2 heterocycles. The second-order valence-electron chi connectivity index (χ2n) is 8.66. The van der Waals surface area contributed by atoms with E-state index in [-0.39, 0.29) is 11.3 Å². The summed E-state index contributed by atoms with van der Waals surface area (Å²) in [6.45, 7) is 4.32. The van der Waals surface area contributed by atoms with E-state index in [1.54, 1.807) is 10.8 Å². The quantitative estimate of drug-likeness (QED) is 0.340. The molecule has 2 N–H and O–H groups in total. The van der Waals surface area contributed by atoms with E-state index in [9.17, 15) is 4.79 Å². The van der Waals surface area contributed by atoms with E-state index in [0.29, 0.717) is 29.2 Å². The predicted molar refractivity (Wildman–Crippen MR) is 136 cm³/mol. The van der Waals surface area contributed by atoms with E-state index in [1.807, 2.05) is 62.4 Å². The molecule has 4 aromatic rings. The molecule has 0 aliphatic heterocycles. The van der Waals surface area contributed by atoms with Crippen LogP contribution >= 0.6 is 0 Å². The van der Waals surface area contributed by atoms with Gasteiger partial charge in [-0.25, -0.2) is 9.97 Å². The number of anilines is 1. The highest BCUT2D eigenvalue weighted by Crippen LogP contribution is 2.27. The van der Waals surface area contributed by atoms with E-state index < -0.39 is 0 Å². The van der Waals surface area contributed by atoms with Gasteiger partial charge in [-0.2, -0.15) is 0 Å². The van der Waals surface area contributed by atoms with E-state index in [1.165, 1.54) is 6.33 Å². The van der Waals surface area contributed by atoms with Gasteiger partial charge in [0.25, 0.3) is 5.56 Å². The third kappa shape index (κ3) is 4.20. The van der Waals surface area contributed by atoms with Gasteiger partial charge in [-0.15, -0.1) is 0 Å². The van der Waals surface area contributed by atoms with Crippen molar-refractivity contribution in [2.75, 3.05) is 5.32 Å². The summed E-state index contributed by atoms with van der Waals surface area (Å²) in [5, 5.41) is 13.3. The van der Waals surface area contributed by atoms with Crippen LogP contribution in [0.5, 0.6) is 0 Å². The van der Waals surface area contributed by atoms with Gasteiger partial charge in [0.05, 0.1) is 23.2 Å². The summed E-state index contributed by atoms with van der Waals surface area (Å²) in [4.78, 5) is 22.2. The van der Waals surface area contributed by atoms with Crippen LogP contribution in [0.15, 0.2) is 65.8 Å². The first-order chi connectivity index (χ1) is 16.5. The summed E-state index contributed by atoms with van der Waals surface area (Å²) in [6, 6.07) is 15.8. The number of fused-ring (bicyclic) bond motifs is 1. The van der Waals surface area contributed by atoms with Crippen molar-refractivity contribution in [2.45, 2.75) is 33.2 Å². The maximum Gasteiger partial charge on any atom is 0.263 e. The average molecular weight is 448 g/mol. The number of para-hydroxylation sites is 1. The molecule has 0 atom stereocenters. The lowest BCUT2D eigenvalue weighted by Crippen LogP contribution is -2.25. The second kappa shape index (κ2) is 8.95. The molecule has 0 spiro atoms. The van der Waals surface area contributed by atoms with Gasteiger partial charge in [-0.05, 0) is 61.3 Å². The maximum atomic E-state index is 13.7. The molecule has 6 heteroatoms. The van der Waals surface area contributed by atoms with Crippen molar-refractivity contribution in [1.82, 2.24) is 14.5 Å². The molecule has 1 saturated carbocycles. The zero-order valence-corrected chi connectivity index (χ0v) is 19.2. The Kier molecular flexibility index (Phi) is 5.69. The number of rotatable bonds is 5. The van der Waals surface area contributed by atoms with Crippen molar-refractivity contribution < 1.29 is 0 Å². The Balaban J connectivity index is 1.57. The molecule has 2 aromatic carbocycles. The van der Waals surface area contributed by atoms with Crippen LogP contribution in [0.2, 0.25) is 0 Å². The minimum Gasteiger partial charge on any atom is -0.364 e. The SMILES string of the molecule is Cc1ccccc1-n1c(CNc2ncncc2C(=N)C#CC2CC2)cc2cccc(C)c2c1=O. The van der Waals surface area contributed by atoms with E-state index in [4.69, 9.17) is 5.41 Å². The first kappa shape index (κ1) is 21.6. The Morgan fingerprint density at radius 3 is 2.74 bits per heavy atom. The molecule has 0 unspecified atom stereocenters. The summed E-state index contributed by atoms with van der Waals surface area (Å²) in [5.74, 6) is 7.00. The summed E-state index contributed by atoms with van der Waals surface area (Å²) < 4.78 is 1.77. The molecule has 6 nitrogen and oxygen atoms in total. The number of hydrogen-bond donors (Lipinski definition) is 2. The van der Waals surface area contributed by atoms with Gasteiger partial charge in [0.15, 0.2) is 0 Å². The lowest BCUT2D eigenvalue weighted by molar-refractivity contribution is 0.883. The van der Waals surface area contributed by atoms with Crippen LogP contribution in [0.4, 0.5) is 5.82 Å². The molecule has 1 aliphatic carbocycles. The Hall–Kier alpha value is -4.24. The van der Waals surface area contributed by atoms with Gasteiger partial charge in [0.2, 0.25) is 0 Å². The molecule has 0 saturated heterocycles. The molecule has 0 amide bonds. The van der Waals surface area contributed by atoms with E-state index >= 15 is 0 Å². The smallest absolute Gasteiger partial charge is 0.263 e. The number of benzene rings is 2. The lowest BCUT2D eigenvalue weighted by atomic mass is 10.1. The number of hydrogen-bond acceptors (Lipinski definition) is 5. The number of aryl methyl sites for hydroxylation is 2. The first-order valence-electron chi connectivity index (χ1n) is 11.4. The van der Waals surface area contributed by atoms with Crippen molar-refractivity contribution in [2.24, 2.45) is 5.92 Å². The number of nitrogens with one attached hydrogen (secondary N) is 2. The minimum atomic E-state index is -0.0485. The second-order valence-corrected chi connectivity index (χ2v) is 8.66. The Morgan fingerprint density at radius 1 is 1.15 bits per heavy atom. The fraction of sp³-hybridized carbons (Fsp3) is 0.214. The molecular weight excluding hydrogens is 422 g/mol. The topological polar surface area (TPSA) is 83.7 Å².